The van der Waals surface area contributed by atoms with Crippen molar-refractivity contribution < 1.29 is 14.7 Å². The Morgan fingerprint density at radius 2 is 1.68 bits per heavy atom. The van der Waals surface area contributed by atoms with Gasteiger partial charge in [0.15, 0.2) is 5.78 Å². The topological polar surface area (TPSA) is 57.6 Å². The van der Waals surface area contributed by atoms with Gasteiger partial charge in [-0.3, -0.25) is 9.59 Å². The second kappa shape index (κ2) is 7.69. The molecule has 1 aliphatic carbocycles. The van der Waals surface area contributed by atoms with Crippen molar-refractivity contribution >= 4 is 11.7 Å². The van der Waals surface area contributed by atoms with Crippen molar-refractivity contribution in [2.45, 2.75) is 63.9 Å². The molecule has 1 saturated heterocycles. The fourth-order valence-electron chi connectivity index (χ4n) is 4.12. The molecular formula is C21H29NO3. The van der Waals surface area contributed by atoms with E-state index in [1.807, 2.05) is 36.1 Å². The monoisotopic (exact) mass is 343 g/mol. The SMILES string of the molecule is Cc1ccc(C(=O)C2CCN(C(=O)CC3(O)CCCCC3)CC2)cc1. The number of carbonyl (C=O) groups excluding carboxylic acids is 2. The highest BCUT2D eigenvalue weighted by molar-refractivity contribution is 5.98. The summed E-state index contributed by atoms with van der Waals surface area (Å²) in [7, 11) is 0. The summed E-state index contributed by atoms with van der Waals surface area (Å²) in [4.78, 5) is 27.0. The maximum atomic E-state index is 12.6. The van der Waals surface area contributed by atoms with Crippen molar-refractivity contribution in [3.63, 3.8) is 0 Å². The van der Waals surface area contributed by atoms with Gasteiger partial charge < -0.3 is 10.0 Å². The van der Waals surface area contributed by atoms with Crippen LogP contribution in [0.15, 0.2) is 24.3 Å². The number of carbonyl (C=O) groups is 2. The van der Waals surface area contributed by atoms with Crippen LogP contribution in [-0.2, 0) is 4.79 Å². The summed E-state index contributed by atoms with van der Waals surface area (Å²) in [6, 6.07) is 7.73. The molecule has 0 unspecified atom stereocenters. The van der Waals surface area contributed by atoms with E-state index in [2.05, 4.69) is 0 Å². The second-order valence-electron chi connectivity index (χ2n) is 7.85. The van der Waals surface area contributed by atoms with Crippen LogP contribution in [0, 0.1) is 12.8 Å². The van der Waals surface area contributed by atoms with Crippen LogP contribution in [0.2, 0.25) is 0 Å². The van der Waals surface area contributed by atoms with Gasteiger partial charge in [-0.05, 0) is 32.6 Å². The summed E-state index contributed by atoms with van der Waals surface area (Å²) in [6.07, 6.45) is 6.33. The number of amides is 1. The average molecular weight is 343 g/mol. The Morgan fingerprint density at radius 3 is 2.28 bits per heavy atom. The molecule has 0 atom stereocenters. The molecule has 1 aliphatic heterocycles. The largest absolute Gasteiger partial charge is 0.389 e. The number of benzene rings is 1. The summed E-state index contributed by atoms with van der Waals surface area (Å²) < 4.78 is 0. The molecule has 1 amide bonds. The highest BCUT2D eigenvalue weighted by Crippen LogP contribution is 2.32. The van der Waals surface area contributed by atoms with Crippen LogP contribution >= 0.6 is 0 Å². The van der Waals surface area contributed by atoms with Gasteiger partial charge in [0, 0.05) is 24.6 Å². The fraction of sp³-hybridized carbons (Fsp3) is 0.619. The molecule has 0 spiro atoms. The number of hydrogen-bond acceptors (Lipinski definition) is 3. The molecule has 25 heavy (non-hydrogen) atoms. The standard InChI is InChI=1S/C21H29NO3/c1-16-5-7-17(8-6-16)20(24)18-9-13-22(14-10-18)19(23)15-21(25)11-3-2-4-12-21/h5-8,18,25H,2-4,9-15H2,1H3. The van der Waals surface area contributed by atoms with Crippen LogP contribution in [0.1, 0.15) is 67.3 Å². The molecule has 1 heterocycles. The van der Waals surface area contributed by atoms with E-state index in [0.717, 1.165) is 56.1 Å². The van der Waals surface area contributed by atoms with Crippen LogP contribution in [0.5, 0.6) is 0 Å². The molecular weight excluding hydrogens is 314 g/mol. The highest BCUT2D eigenvalue weighted by Gasteiger charge is 2.35. The number of nitrogens with zero attached hydrogens (tertiary/aromatic N) is 1. The molecule has 3 rings (SSSR count). The molecule has 1 aromatic carbocycles. The van der Waals surface area contributed by atoms with Crippen molar-refractivity contribution in [3.05, 3.63) is 35.4 Å². The zero-order chi connectivity index (χ0) is 17.9. The van der Waals surface area contributed by atoms with Crippen LogP contribution in [0.4, 0.5) is 0 Å². The number of rotatable bonds is 4. The van der Waals surface area contributed by atoms with Crippen LogP contribution in [-0.4, -0.2) is 40.4 Å². The molecule has 4 nitrogen and oxygen atoms in total. The second-order valence-corrected chi connectivity index (χ2v) is 7.85. The number of aliphatic hydroxyl groups is 1. The molecule has 0 aromatic heterocycles. The Bertz CT molecular complexity index is 609. The van der Waals surface area contributed by atoms with Crippen LogP contribution < -0.4 is 0 Å². The van der Waals surface area contributed by atoms with E-state index in [-0.39, 0.29) is 24.0 Å². The quantitative estimate of drug-likeness (QED) is 0.851. The lowest BCUT2D eigenvalue weighted by Gasteiger charge is -2.36. The van der Waals surface area contributed by atoms with E-state index in [1.54, 1.807) is 0 Å². The van der Waals surface area contributed by atoms with Crippen molar-refractivity contribution in [2.75, 3.05) is 13.1 Å². The van der Waals surface area contributed by atoms with Crippen molar-refractivity contribution in [1.82, 2.24) is 4.90 Å². The predicted octanol–water partition coefficient (Wildman–Crippen LogP) is 3.50. The minimum atomic E-state index is -0.802. The lowest BCUT2D eigenvalue weighted by Crippen LogP contribution is -2.44. The summed E-state index contributed by atoms with van der Waals surface area (Å²) >= 11 is 0. The van der Waals surface area contributed by atoms with Crippen LogP contribution in [0.3, 0.4) is 0 Å². The Kier molecular flexibility index (Phi) is 5.57. The molecule has 1 N–H and O–H groups in total. The molecule has 136 valence electrons. The molecule has 4 heteroatoms. The van der Waals surface area contributed by atoms with Gasteiger partial charge in [0.25, 0.3) is 0 Å². The van der Waals surface area contributed by atoms with E-state index in [1.165, 1.54) is 0 Å². The number of Topliss-reactive ketones (excluding diaryl/α,β-unsaturated/α-hetero) is 1. The lowest BCUT2D eigenvalue weighted by atomic mass is 9.82. The maximum Gasteiger partial charge on any atom is 0.225 e. The molecule has 0 radical (unpaired) electrons. The third-order valence-electron chi connectivity index (χ3n) is 5.82. The molecule has 1 aromatic rings. The van der Waals surface area contributed by atoms with Crippen molar-refractivity contribution in [1.29, 1.82) is 0 Å². The number of ketones is 1. The summed E-state index contributed by atoms with van der Waals surface area (Å²) in [6.45, 7) is 3.26. The average Bonchev–Trinajstić information content (AvgIpc) is 2.62. The number of aryl methyl sites for hydroxylation is 1. The Morgan fingerprint density at radius 1 is 1.08 bits per heavy atom. The van der Waals surface area contributed by atoms with Gasteiger partial charge >= 0.3 is 0 Å². The van der Waals surface area contributed by atoms with E-state index < -0.39 is 5.60 Å². The first-order valence-electron chi connectivity index (χ1n) is 9.58. The van der Waals surface area contributed by atoms with Crippen molar-refractivity contribution in [2.24, 2.45) is 5.92 Å². The van der Waals surface area contributed by atoms with Gasteiger partial charge in [-0.15, -0.1) is 0 Å². The van der Waals surface area contributed by atoms with E-state index >= 15 is 0 Å². The van der Waals surface area contributed by atoms with Gasteiger partial charge in [-0.1, -0.05) is 49.1 Å². The maximum absolute atomic E-state index is 12.6. The summed E-state index contributed by atoms with van der Waals surface area (Å²) in [5, 5.41) is 10.6. The molecule has 1 saturated carbocycles. The van der Waals surface area contributed by atoms with Gasteiger partial charge in [-0.25, -0.2) is 0 Å². The molecule has 2 fully saturated rings. The number of piperidine rings is 1. The van der Waals surface area contributed by atoms with Gasteiger partial charge in [-0.2, -0.15) is 0 Å². The van der Waals surface area contributed by atoms with Gasteiger partial charge in [0.2, 0.25) is 5.91 Å². The fourth-order valence-corrected chi connectivity index (χ4v) is 4.12. The zero-order valence-electron chi connectivity index (χ0n) is 15.2. The first-order chi connectivity index (χ1) is 12.0. The first kappa shape index (κ1) is 18.1. The number of likely N-dealkylation sites (tertiary alicyclic amines) is 1. The predicted molar refractivity (Wildman–Crippen MR) is 97.5 cm³/mol. The van der Waals surface area contributed by atoms with Gasteiger partial charge in [0.1, 0.15) is 0 Å². The zero-order valence-corrected chi connectivity index (χ0v) is 15.2. The molecule has 0 bridgehead atoms. The number of hydrogen-bond donors (Lipinski definition) is 1. The van der Waals surface area contributed by atoms with Crippen LogP contribution in [0.25, 0.3) is 0 Å². The summed E-state index contributed by atoms with van der Waals surface area (Å²) in [5.41, 5.74) is 1.12. The minimum Gasteiger partial charge on any atom is -0.389 e. The third-order valence-corrected chi connectivity index (χ3v) is 5.82. The summed E-state index contributed by atoms with van der Waals surface area (Å²) in [5.74, 6) is 0.244. The van der Waals surface area contributed by atoms with E-state index in [0.29, 0.717) is 13.1 Å². The first-order valence-corrected chi connectivity index (χ1v) is 9.58. The third kappa shape index (κ3) is 4.49. The van der Waals surface area contributed by atoms with E-state index in [4.69, 9.17) is 0 Å². The van der Waals surface area contributed by atoms with E-state index in [9.17, 15) is 14.7 Å². The Labute approximate surface area is 150 Å². The normalized spacial score (nSPS) is 21.1. The Balaban J connectivity index is 1.51. The van der Waals surface area contributed by atoms with Crippen molar-refractivity contribution in [3.8, 4) is 0 Å². The minimum absolute atomic E-state index is 0.00419. The smallest absolute Gasteiger partial charge is 0.225 e. The molecule has 2 aliphatic rings. The lowest BCUT2D eigenvalue weighted by molar-refractivity contribution is -0.139. The Hall–Kier alpha value is -1.68. The van der Waals surface area contributed by atoms with Gasteiger partial charge in [0.05, 0.1) is 12.0 Å². The highest BCUT2D eigenvalue weighted by atomic mass is 16.3.